The Morgan fingerprint density at radius 1 is 0.930 bits per heavy atom. The second-order valence-electron chi connectivity index (χ2n) is 10.2. The Labute approximate surface area is 254 Å². The number of anilines is 1. The van der Waals surface area contributed by atoms with Crippen molar-refractivity contribution in [2.45, 2.75) is 47.2 Å². The predicted octanol–water partition coefficient (Wildman–Crippen LogP) is 4.80. The van der Waals surface area contributed by atoms with Crippen LogP contribution in [0.25, 0.3) is 22.5 Å². The third-order valence-electron chi connectivity index (χ3n) is 7.13. The number of ether oxygens (including phenoxy) is 2. The van der Waals surface area contributed by atoms with Gasteiger partial charge in [0, 0.05) is 75.7 Å². The van der Waals surface area contributed by atoms with Gasteiger partial charge in [-0.1, -0.05) is 13.0 Å². The molecule has 1 amide bonds. The molecule has 2 aliphatic rings. The lowest BCUT2D eigenvalue weighted by Gasteiger charge is -2.34. The maximum Gasteiger partial charge on any atom is 0.413 e. The Hall–Kier alpha value is -3.93. The van der Waals surface area contributed by atoms with E-state index in [1.54, 1.807) is 25.4 Å². The van der Waals surface area contributed by atoms with E-state index in [0.717, 1.165) is 79.6 Å². The van der Waals surface area contributed by atoms with Crippen LogP contribution in [0.3, 0.4) is 0 Å². The van der Waals surface area contributed by atoms with Gasteiger partial charge in [-0.3, -0.25) is 15.2 Å². The van der Waals surface area contributed by atoms with Crippen molar-refractivity contribution >= 4 is 17.7 Å². The van der Waals surface area contributed by atoms with Crippen molar-refractivity contribution in [3.63, 3.8) is 0 Å². The monoisotopic (exact) mass is 588 g/mol. The molecule has 1 saturated heterocycles. The number of hydrogen-bond acceptors (Lipinski definition) is 10. The Morgan fingerprint density at radius 3 is 2.30 bits per heavy atom. The highest BCUT2D eigenvalue weighted by atomic mass is 16.5. The van der Waals surface area contributed by atoms with Crippen LogP contribution in [0.1, 0.15) is 45.4 Å². The second kappa shape index (κ2) is 16.6. The number of benzene rings is 1. The number of fused-ring (bicyclic) bond motifs is 1. The lowest BCUT2D eigenvalue weighted by Crippen LogP contribution is -2.46. The van der Waals surface area contributed by atoms with Crippen LogP contribution in [0, 0.1) is 0 Å². The van der Waals surface area contributed by atoms with Gasteiger partial charge in [0.15, 0.2) is 5.82 Å². The first-order chi connectivity index (χ1) is 21.0. The van der Waals surface area contributed by atoms with Crippen molar-refractivity contribution in [1.82, 2.24) is 30.1 Å². The summed E-state index contributed by atoms with van der Waals surface area (Å²) in [6.45, 7) is 16.8. The third kappa shape index (κ3) is 9.28. The first-order valence-electron chi connectivity index (χ1n) is 15.2. The lowest BCUT2D eigenvalue weighted by atomic mass is 9.97. The summed E-state index contributed by atoms with van der Waals surface area (Å²) in [4.78, 5) is 35.2. The Balaban J connectivity index is 0.000000782. The molecule has 4 heterocycles. The maximum atomic E-state index is 11.9. The van der Waals surface area contributed by atoms with Gasteiger partial charge in [0.2, 0.25) is 5.96 Å². The standard InChI is InChI=1S/C28H34N8O2.C4H10O/c1-3-10-35-11-13-36(14-12-35)19-23-7-6-20(17-31-23)21-15-22-18-32-27(34-28(37)38-4-2)33-25(22)24(16-21)26-29-8-5-9-30-26;1-3-5-4-2/h5-9,15-17H,3-4,10-14,18-19H2,1-2H3,(H2,32,33,34,37);3-4H2,1-2H3. The zero-order valence-electron chi connectivity index (χ0n) is 25.8. The number of pyridine rings is 1. The van der Waals surface area contributed by atoms with Crippen LogP contribution in [-0.4, -0.2) is 89.3 Å². The number of carbonyl (C=O) groups excluding carboxylic acids is 1. The van der Waals surface area contributed by atoms with Crippen molar-refractivity contribution in [3.8, 4) is 22.5 Å². The van der Waals surface area contributed by atoms with Crippen molar-refractivity contribution in [3.05, 3.63) is 60.2 Å². The molecule has 3 aromatic rings. The summed E-state index contributed by atoms with van der Waals surface area (Å²) in [6.07, 6.45) is 6.03. The van der Waals surface area contributed by atoms with Gasteiger partial charge in [-0.05, 0) is 69.1 Å². The fraction of sp³-hybridized carbons (Fsp3) is 0.469. The molecular weight excluding hydrogens is 544 g/mol. The van der Waals surface area contributed by atoms with E-state index >= 15 is 0 Å². The summed E-state index contributed by atoms with van der Waals surface area (Å²) in [5, 5.41) is 5.89. The van der Waals surface area contributed by atoms with Crippen molar-refractivity contribution < 1.29 is 14.3 Å². The van der Waals surface area contributed by atoms with Gasteiger partial charge in [0.25, 0.3) is 0 Å². The molecule has 230 valence electrons. The SMILES string of the molecule is CCCN1CCN(Cc2ccc(-c3cc4c(c(-c5ncccn5)c3)NC(NC(=O)OCC)=NC4)cn2)CC1.CCOCC. The second-order valence-corrected chi connectivity index (χ2v) is 10.2. The normalized spacial score (nSPS) is 14.9. The number of piperazine rings is 1. The summed E-state index contributed by atoms with van der Waals surface area (Å²) in [5.41, 5.74) is 5.72. The molecule has 2 aromatic heterocycles. The van der Waals surface area contributed by atoms with Crippen LogP contribution in [0.4, 0.5) is 10.5 Å². The number of guanidine groups is 1. The van der Waals surface area contributed by atoms with Crippen LogP contribution in [0.15, 0.2) is 53.9 Å². The molecule has 0 unspecified atom stereocenters. The van der Waals surface area contributed by atoms with Crippen LogP contribution in [0.2, 0.25) is 0 Å². The first kappa shape index (κ1) is 32.0. The van der Waals surface area contributed by atoms with Crippen LogP contribution >= 0.6 is 0 Å². The molecular formula is C32H44N8O3. The van der Waals surface area contributed by atoms with Crippen LogP contribution < -0.4 is 10.6 Å². The number of hydrogen-bond donors (Lipinski definition) is 2. The molecule has 0 saturated carbocycles. The number of rotatable bonds is 9. The largest absolute Gasteiger partial charge is 0.450 e. The highest BCUT2D eigenvalue weighted by molar-refractivity contribution is 6.06. The fourth-order valence-electron chi connectivity index (χ4n) is 5.02. The molecule has 1 fully saturated rings. The quantitative estimate of drug-likeness (QED) is 0.363. The molecule has 0 atom stereocenters. The number of aliphatic imine (C=N–C) groups is 1. The minimum atomic E-state index is -0.551. The summed E-state index contributed by atoms with van der Waals surface area (Å²) < 4.78 is 9.82. The average Bonchev–Trinajstić information content (AvgIpc) is 3.03. The summed E-state index contributed by atoms with van der Waals surface area (Å²) in [7, 11) is 0. The highest BCUT2D eigenvalue weighted by Gasteiger charge is 2.22. The van der Waals surface area contributed by atoms with E-state index in [0.29, 0.717) is 18.3 Å². The van der Waals surface area contributed by atoms with Gasteiger partial charge in [-0.15, -0.1) is 0 Å². The van der Waals surface area contributed by atoms with Gasteiger partial charge in [-0.2, -0.15) is 0 Å². The third-order valence-corrected chi connectivity index (χ3v) is 7.13. The molecule has 2 aliphatic heterocycles. The van der Waals surface area contributed by atoms with E-state index < -0.39 is 6.09 Å². The van der Waals surface area contributed by atoms with Crippen molar-refractivity contribution in [2.24, 2.45) is 4.99 Å². The fourth-order valence-corrected chi connectivity index (χ4v) is 5.02. The number of alkyl carbamates (subject to hydrolysis) is 1. The van der Waals surface area contributed by atoms with Gasteiger partial charge < -0.3 is 19.7 Å². The minimum absolute atomic E-state index is 0.282. The van der Waals surface area contributed by atoms with E-state index in [2.05, 4.69) is 66.6 Å². The lowest BCUT2D eigenvalue weighted by molar-refractivity contribution is 0.126. The zero-order chi connectivity index (χ0) is 30.4. The number of nitrogens with zero attached hydrogens (tertiary/aromatic N) is 6. The topological polar surface area (TPSA) is 117 Å². The van der Waals surface area contributed by atoms with E-state index in [9.17, 15) is 4.79 Å². The molecule has 0 radical (unpaired) electrons. The van der Waals surface area contributed by atoms with E-state index in [1.807, 2.05) is 20.0 Å². The first-order valence-corrected chi connectivity index (χ1v) is 15.2. The zero-order valence-corrected chi connectivity index (χ0v) is 25.8. The Morgan fingerprint density at radius 2 is 1.67 bits per heavy atom. The molecule has 2 N–H and O–H groups in total. The number of amides is 1. The molecule has 11 heteroatoms. The highest BCUT2D eigenvalue weighted by Crippen LogP contribution is 2.36. The van der Waals surface area contributed by atoms with E-state index in [1.165, 1.54) is 13.0 Å². The summed E-state index contributed by atoms with van der Waals surface area (Å²) >= 11 is 0. The Kier molecular flexibility index (Phi) is 12.4. The molecule has 11 nitrogen and oxygen atoms in total. The number of aromatic nitrogens is 3. The van der Waals surface area contributed by atoms with Gasteiger partial charge in [0.1, 0.15) is 0 Å². The average molecular weight is 589 g/mol. The number of nitrogens with one attached hydrogen (secondary N) is 2. The van der Waals surface area contributed by atoms with Gasteiger partial charge in [0.05, 0.1) is 24.5 Å². The molecule has 0 aliphatic carbocycles. The van der Waals surface area contributed by atoms with Gasteiger partial charge >= 0.3 is 6.09 Å². The summed E-state index contributed by atoms with van der Waals surface area (Å²) in [6, 6.07) is 10.2. The molecule has 0 spiro atoms. The summed E-state index contributed by atoms with van der Waals surface area (Å²) in [5.74, 6) is 0.921. The van der Waals surface area contributed by atoms with E-state index in [-0.39, 0.29) is 6.61 Å². The maximum absolute atomic E-state index is 11.9. The van der Waals surface area contributed by atoms with Crippen molar-refractivity contribution in [1.29, 1.82) is 0 Å². The van der Waals surface area contributed by atoms with E-state index in [4.69, 9.17) is 14.5 Å². The molecule has 0 bridgehead atoms. The Bertz CT molecular complexity index is 1320. The van der Waals surface area contributed by atoms with Gasteiger partial charge in [-0.25, -0.2) is 19.8 Å². The predicted molar refractivity (Wildman–Crippen MR) is 170 cm³/mol. The minimum Gasteiger partial charge on any atom is -0.450 e. The van der Waals surface area contributed by atoms with Crippen LogP contribution in [0.5, 0.6) is 0 Å². The smallest absolute Gasteiger partial charge is 0.413 e. The molecule has 43 heavy (non-hydrogen) atoms. The molecule has 5 rings (SSSR count). The van der Waals surface area contributed by atoms with Crippen LogP contribution in [-0.2, 0) is 22.6 Å². The molecule has 1 aromatic carbocycles. The van der Waals surface area contributed by atoms with Crippen molar-refractivity contribution in [2.75, 3.05) is 57.9 Å². The number of carbonyl (C=O) groups is 1.